The van der Waals surface area contributed by atoms with Crippen LogP contribution in [0.5, 0.6) is 0 Å². The molecule has 0 bridgehead atoms. The van der Waals surface area contributed by atoms with E-state index in [1.54, 1.807) is 0 Å². The minimum atomic E-state index is -0.226. The smallest absolute Gasteiger partial charge is 0.315 e. The van der Waals surface area contributed by atoms with E-state index in [4.69, 9.17) is 5.11 Å². The first-order chi connectivity index (χ1) is 10.8. The number of nitrogens with one attached hydrogen (secondary N) is 2. The Morgan fingerprint density at radius 1 is 1.41 bits per heavy atom. The SMILES string of the molecule is O=C(NCc1cccc(CO)c1)NC1CCCn2ncnc21. The number of rotatable bonds is 4. The highest BCUT2D eigenvalue weighted by Gasteiger charge is 2.23. The number of carbonyl (C=O) groups is 1. The molecule has 7 heteroatoms. The number of aliphatic hydroxyl groups is 1. The van der Waals surface area contributed by atoms with Gasteiger partial charge >= 0.3 is 6.03 Å². The highest BCUT2D eigenvalue weighted by molar-refractivity contribution is 5.74. The van der Waals surface area contributed by atoms with Crippen LogP contribution in [-0.4, -0.2) is 25.9 Å². The molecule has 3 rings (SSSR count). The fourth-order valence-corrected chi connectivity index (χ4v) is 2.66. The van der Waals surface area contributed by atoms with Crippen molar-refractivity contribution < 1.29 is 9.90 Å². The zero-order valence-corrected chi connectivity index (χ0v) is 12.2. The van der Waals surface area contributed by atoms with Crippen molar-refractivity contribution in [2.45, 2.75) is 38.6 Å². The number of aliphatic hydroxyl groups excluding tert-OH is 1. The van der Waals surface area contributed by atoms with Crippen LogP contribution >= 0.6 is 0 Å². The molecule has 1 aliphatic rings. The number of fused-ring (bicyclic) bond motifs is 1. The molecule has 0 spiro atoms. The van der Waals surface area contributed by atoms with Gasteiger partial charge in [-0.05, 0) is 24.0 Å². The van der Waals surface area contributed by atoms with Crippen molar-refractivity contribution in [3.63, 3.8) is 0 Å². The lowest BCUT2D eigenvalue weighted by Gasteiger charge is -2.23. The number of urea groups is 1. The van der Waals surface area contributed by atoms with E-state index in [1.807, 2.05) is 28.9 Å². The number of aromatic nitrogens is 3. The van der Waals surface area contributed by atoms with Gasteiger partial charge < -0.3 is 15.7 Å². The van der Waals surface area contributed by atoms with Crippen molar-refractivity contribution >= 4 is 6.03 Å². The van der Waals surface area contributed by atoms with Gasteiger partial charge in [0.1, 0.15) is 12.2 Å². The maximum Gasteiger partial charge on any atom is 0.315 e. The van der Waals surface area contributed by atoms with Crippen LogP contribution in [0.15, 0.2) is 30.6 Å². The van der Waals surface area contributed by atoms with Crippen molar-refractivity contribution in [2.24, 2.45) is 0 Å². The maximum absolute atomic E-state index is 12.0. The molecule has 22 heavy (non-hydrogen) atoms. The van der Waals surface area contributed by atoms with Crippen molar-refractivity contribution in [1.29, 1.82) is 0 Å². The van der Waals surface area contributed by atoms with Gasteiger partial charge in [-0.2, -0.15) is 5.10 Å². The zero-order chi connectivity index (χ0) is 15.4. The summed E-state index contributed by atoms with van der Waals surface area (Å²) in [7, 11) is 0. The third-order valence-electron chi connectivity index (χ3n) is 3.75. The molecule has 3 N–H and O–H groups in total. The number of hydrogen-bond donors (Lipinski definition) is 3. The fraction of sp³-hybridized carbons (Fsp3) is 0.400. The van der Waals surface area contributed by atoms with E-state index in [-0.39, 0.29) is 18.7 Å². The van der Waals surface area contributed by atoms with Gasteiger partial charge in [0, 0.05) is 13.1 Å². The number of hydrogen-bond acceptors (Lipinski definition) is 4. The molecule has 116 valence electrons. The van der Waals surface area contributed by atoms with E-state index in [1.165, 1.54) is 6.33 Å². The number of nitrogens with zero attached hydrogens (tertiary/aromatic N) is 3. The predicted molar refractivity (Wildman–Crippen MR) is 79.7 cm³/mol. The van der Waals surface area contributed by atoms with Crippen LogP contribution in [-0.2, 0) is 19.7 Å². The van der Waals surface area contributed by atoms with Gasteiger partial charge in [0.2, 0.25) is 0 Å². The molecular formula is C15H19N5O2. The molecule has 0 aliphatic carbocycles. The first-order valence-corrected chi connectivity index (χ1v) is 7.37. The summed E-state index contributed by atoms with van der Waals surface area (Å²) in [5.41, 5.74) is 1.79. The number of carbonyl (C=O) groups excluding carboxylic acids is 1. The molecule has 2 heterocycles. The second kappa shape index (κ2) is 6.57. The van der Waals surface area contributed by atoms with Crippen LogP contribution in [0.25, 0.3) is 0 Å². The highest BCUT2D eigenvalue weighted by Crippen LogP contribution is 2.21. The molecule has 1 unspecified atom stereocenters. The summed E-state index contributed by atoms with van der Waals surface area (Å²) < 4.78 is 1.83. The number of aryl methyl sites for hydroxylation is 1. The van der Waals surface area contributed by atoms with Crippen LogP contribution < -0.4 is 10.6 Å². The van der Waals surface area contributed by atoms with E-state index in [0.29, 0.717) is 6.54 Å². The third kappa shape index (κ3) is 3.25. The summed E-state index contributed by atoms with van der Waals surface area (Å²) >= 11 is 0. The van der Waals surface area contributed by atoms with Gasteiger partial charge in [0.25, 0.3) is 0 Å². The second-order valence-corrected chi connectivity index (χ2v) is 5.34. The van der Waals surface area contributed by atoms with Crippen molar-refractivity contribution in [1.82, 2.24) is 25.4 Å². The summed E-state index contributed by atoms with van der Waals surface area (Å²) in [6.45, 7) is 1.26. The molecule has 0 saturated carbocycles. The Morgan fingerprint density at radius 3 is 3.14 bits per heavy atom. The maximum atomic E-state index is 12.0. The lowest BCUT2D eigenvalue weighted by Crippen LogP contribution is -2.39. The minimum Gasteiger partial charge on any atom is -0.392 e. The summed E-state index contributed by atoms with van der Waals surface area (Å²) in [5, 5.41) is 19.0. The van der Waals surface area contributed by atoms with Crippen LogP contribution in [0.3, 0.4) is 0 Å². The van der Waals surface area contributed by atoms with E-state index in [9.17, 15) is 4.79 Å². The summed E-state index contributed by atoms with van der Waals surface area (Å²) in [5.74, 6) is 0.809. The van der Waals surface area contributed by atoms with Crippen LogP contribution in [0.1, 0.15) is 35.8 Å². The van der Waals surface area contributed by atoms with Crippen LogP contribution in [0, 0.1) is 0 Å². The Balaban J connectivity index is 1.55. The van der Waals surface area contributed by atoms with Crippen molar-refractivity contribution in [2.75, 3.05) is 0 Å². The lowest BCUT2D eigenvalue weighted by molar-refractivity contribution is 0.232. The van der Waals surface area contributed by atoms with Crippen LogP contribution in [0.4, 0.5) is 4.79 Å². The molecule has 0 radical (unpaired) electrons. The number of amides is 2. The van der Waals surface area contributed by atoms with E-state index < -0.39 is 0 Å². The molecule has 1 aromatic heterocycles. The first-order valence-electron chi connectivity index (χ1n) is 7.37. The fourth-order valence-electron chi connectivity index (χ4n) is 2.66. The summed E-state index contributed by atoms with van der Waals surface area (Å²) in [6.07, 6.45) is 3.36. The van der Waals surface area contributed by atoms with Gasteiger partial charge in [0.15, 0.2) is 0 Å². The Bertz CT molecular complexity index is 655. The van der Waals surface area contributed by atoms with Crippen molar-refractivity contribution in [3.8, 4) is 0 Å². The number of benzene rings is 1. The quantitative estimate of drug-likeness (QED) is 0.788. The molecule has 0 fully saturated rings. The molecule has 1 aromatic carbocycles. The summed E-state index contributed by atoms with van der Waals surface area (Å²) in [4.78, 5) is 16.3. The third-order valence-corrected chi connectivity index (χ3v) is 3.75. The topological polar surface area (TPSA) is 92.1 Å². The average molecular weight is 301 g/mol. The Labute approximate surface area is 128 Å². The van der Waals surface area contributed by atoms with Gasteiger partial charge in [-0.1, -0.05) is 24.3 Å². The molecule has 1 atom stereocenters. The van der Waals surface area contributed by atoms with Gasteiger partial charge in [0.05, 0.1) is 12.6 Å². The Morgan fingerprint density at radius 2 is 2.27 bits per heavy atom. The van der Waals surface area contributed by atoms with Gasteiger partial charge in [-0.15, -0.1) is 0 Å². The second-order valence-electron chi connectivity index (χ2n) is 5.34. The molecule has 7 nitrogen and oxygen atoms in total. The summed E-state index contributed by atoms with van der Waals surface area (Å²) in [6, 6.07) is 7.17. The Kier molecular flexibility index (Phi) is 4.34. The molecular weight excluding hydrogens is 282 g/mol. The average Bonchev–Trinajstić information content (AvgIpc) is 3.03. The standard InChI is InChI=1S/C15H19N5O2/c21-9-12-4-1-3-11(7-12)8-16-15(22)19-13-5-2-6-20-14(13)17-10-18-20/h1,3-4,7,10,13,21H,2,5-6,8-9H2,(H2,16,19,22). The van der Waals surface area contributed by atoms with Gasteiger partial charge in [-0.25, -0.2) is 14.5 Å². The van der Waals surface area contributed by atoms with E-state index in [2.05, 4.69) is 20.7 Å². The molecule has 2 aromatic rings. The normalized spacial score (nSPS) is 16.9. The molecule has 2 amide bonds. The predicted octanol–water partition coefficient (Wildman–Crippen LogP) is 1.10. The minimum absolute atomic E-state index is 0.00221. The largest absolute Gasteiger partial charge is 0.392 e. The zero-order valence-electron chi connectivity index (χ0n) is 12.2. The van der Waals surface area contributed by atoms with Crippen molar-refractivity contribution in [3.05, 3.63) is 47.5 Å². The molecule has 1 aliphatic heterocycles. The first kappa shape index (κ1) is 14.5. The molecule has 0 saturated heterocycles. The highest BCUT2D eigenvalue weighted by atomic mass is 16.3. The lowest BCUT2D eigenvalue weighted by atomic mass is 10.1. The van der Waals surface area contributed by atoms with Gasteiger partial charge in [-0.3, -0.25) is 0 Å². The van der Waals surface area contributed by atoms with E-state index in [0.717, 1.165) is 36.3 Å². The Hall–Kier alpha value is -2.41. The van der Waals surface area contributed by atoms with Crippen LogP contribution in [0.2, 0.25) is 0 Å². The monoisotopic (exact) mass is 301 g/mol. The van der Waals surface area contributed by atoms with E-state index >= 15 is 0 Å².